The third-order valence-corrected chi connectivity index (χ3v) is 4.42. The molecular formula is C18H27N3O2. The molecule has 0 radical (unpaired) electrons. The van der Waals surface area contributed by atoms with E-state index in [0.717, 1.165) is 18.7 Å². The van der Waals surface area contributed by atoms with Crippen LogP contribution in [0.1, 0.15) is 36.5 Å². The van der Waals surface area contributed by atoms with Gasteiger partial charge in [0.2, 0.25) is 5.91 Å². The number of carbonyl (C=O) groups is 2. The summed E-state index contributed by atoms with van der Waals surface area (Å²) in [5.41, 5.74) is 1.82. The Bertz CT molecular complexity index is 542. The van der Waals surface area contributed by atoms with Crippen molar-refractivity contribution < 1.29 is 9.59 Å². The summed E-state index contributed by atoms with van der Waals surface area (Å²) < 4.78 is 0. The van der Waals surface area contributed by atoms with Crippen molar-refractivity contribution in [2.24, 2.45) is 0 Å². The van der Waals surface area contributed by atoms with Gasteiger partial charge in [0, 0.05) is 57.9 Å². The molecule has 0 aromatic heterocycles. The molecule has 1 fully saturated rings. The minimum absolute atomic E-state index is 0.0101. The minimum atomic E-state index is 0.0101. The smallest absolute Gasteiger partial charge is 0.253 e. The van der Waals surface area contributed by atoms with Crippen molar-refractivity contribution in [3.8, 4) is 0 Å². The summed E-state index contributed by atoms with van der Waals surface area (Å²) in [6.07, 6.45) is 2.73. The van der Waals surface area contributed by atoms with Crippen LogP contribution in [0.25, 0.3) is 0 Å². The predicted molar refractivity (Wildman–Crippen MR) is 92.8 cm³/mol. The second-order valence-electron chi connectivity index (χ2n) is 6.18. The van der Waals surface area contributed by atoms with Gasteiger partial charge in [-0.2, -0.15) is 0 Å². The highest BCUT2D eigenvalue weighted by Crippen LogP contribution is 2.16. The van der Waals surface area contributed by atoms with Gasteiger partial charge in [0.15, 0.2) is 0 Å². The summed E-state index contributed by atoms with van der Waals surface area (Å²) in [4.78, 5) is 30.0. The number of amides is 2. The Labute approximate surface area is 138 Å². The highest BCUT2D eigenvalue weighted by atomic mass is 16.2. The Morgan fingerprint density at radius 1 is 1.17 bits per heavy atom. The highest BCUT2D eigenvalue weighted by Gasteiger charge is 2.22. The van der Waals surface area contributed by atoms with E-state index in [2.05, 4.69) is 18.9 Å². The Morgan fingerprint density at radius 3 is 2.52 bits per heavy atom. The molecular weight excluding hydrogens is 290 g/mol. The van der Waals surface area contributed by atoms with Crippen molar-refractivity contribution in [3.63, 3.8) is 0 Å². The van der Waals surface area contributed by atoms with Gasteiger partial charge in [-0.25, -0.2) is 0 Å². The minimum Gasteiger partial charge on any atom is -0.375 e. The van der Waals surface area contributed by atoms with E-state index >= 15 is 0 Å². The van der Waals surface area contributed by atoms with Crippen LogP contribution in [-0.2, 0) is 4.79 Å². The van der Waals surface area contributed by atoms with Crippen molar-refractivity contribution in [2.45, 2.75) is 26.2 Å². The second-order valence-corrected chi connectivity index (χ2v) is 6.18. The number of hydrogen-bond acceptors (Lipinski definition) is 3. The molecule has 0 unspecified atom stereocenters. The zero-order chi connectivity index (χ0) is 16.8. The summed E-state index contributed by atoms with van der Waals surface area (Å²) in [7, 11) is 3.86. The van der Waals surface area contributed by atoms with Crippen LogP contribution >= 0.6 is 0 Å². The standard InChI is InChI=1S/C18H27N3O2/c1-4-5-11-19(2)16-8-6-15(7-9-16)18(23)21-12-10-17(22)20(3)13-14-21/h6-9H,4-5,10-14H2,1-3H3. The quantitative estimate of drug-likeness (QED) is 0.836. The fraction of sp³-hybridized carbons (Fsp3) is 0.556. The summed E-state index contributed by atoms with van der Waals surface area (Å²) in [6, 6.07) is 7.77. The third-order valence-electron chi connectivity index (χ3n) is 4.42. The van der Waals surface area contributed by atoms with Gasteiger partial charge < -0.3 is 14.7 Å². The van der Waals surface area contributed by atoms with E-state index < -0.39 is 0 Å². The molecule has 1 heterocycles. The SMILES string of the molecule is CCCCN(C)c1ccc(C(=O)N2CCC(=O)N(C)CC2)cc1. The molecule has 0 bridgehead atoms. The number of carbonyl (C=O) groups excluding carboxylic acids is 2. The monoisotopic (exact) mass is 317 g/mol. The topological polar surface area (TPSA) is 43.9 Å². The molecule has 0 N–H and O–H groups in total. The Kier molecular flexibility index (Phi) is 6.02. The molecule has 0 aliphatic carbocycles. The van der Waals surface area contributed by atoms with Crippen molar-refractivity contribution in [1.82, 2.24) is 9.80 Å². The lowest BCUT2D eigenvalue weighted by Gasteiger charge is -2.22. The average molecular weight is 317 g/mol. The van der Waals surface area contributed by atoms with Gasteiger partial charge in [-0.05, 0) is 30.7 Å². The lowest BCUT2D eigenvalue weighted by molar-refractivity contribution is -0.129. The summed E-state index contributed by atoms with van der Waals surface area (Å²) >= 11 is 0. The van der Waals surface area contributed by atoms with Crippen LogP contribution < -0.4 is 4.90 Å². The van der Waals surface area contributed by atoms with Crippen LogP contribution in [0.3, 0.4) is 0 Å². The normalized spacial score (nSPS) is 15.5. The number of rotatable bonds is 5. The molecule has 2 amide bonds. The first-order valence-electron chi connectivity index (χ1n) is 8.37. The van der Waals surface area contributed by atoms with Crippen molar-refractivity contribution in [3.05, 3.63) is 29.8 Å². The zero-order valence-corrected chi connectivity index (χ0v) is 14.4. The van der Waals surface area contributed by atoms with E-state index in [9.17, 15) is 9.59 Å². The average Bonchev–Trinajstić information content (AvgIpc) is 2.74. The number of benzene rings is 1. The lowest BCUT2D eigenvalue weighted by atomic mass is 10.1. The number of anilines is 1. The van der Waals surface area contributed by atoms with Crippen molar-refractivity contribution in [1.29, 1.82) is 0 Å². The van der Waals surface area contributed by atoms with Gasteiger partial charge >= 0.3 is 0 Å². The fourth-order valence-corrected chi connectivity index (χ4v) is 2.70. The lowest BCUT2D eigenvalue weighted by Crippen LogP contribution is -2.34. The fourth-order valence-electron chi connectivity index (χ4n) is 2.70. The van der Waals surface area contributed by atoms with Crippen LogP contribution in [0.5, 0.6) is 0 Å². The van der Waals surface area contributed by atoms with Crippen LogP contribution in [0.15, 0.2) is 24.3 Å². The first-order chi connectivity index (χ1) is 11.0. The van der Waals surface area contributed by atoms with Crippen LogP contribution in [0.2, 0.25) is 0 Å². The van der Waals surface area contributed by atoms with E-state index in [4.69, 9.17) is 0 Å². The molecule has 5 heteroatoms. The van der Waals surface area contributed by atoms with E-state index in [1.165, 1.54) is 6.42 Å². The summed E-state index contributed by atoms with van der Waals surface area (Å²) in [5, 5.41) is 0. The molecule has 0 atom stereocenters. The van der Waals surface area contributed by atoms with Gasteiger partial charge in [-0.1, -0.05) is 13.3 Å². The van der Waals surface area contributed by atoms with Crippen LogP contribution in [0, 0.1) is 0 Å². The van der Waals surface area contributed by atoms with Gasteiger partial charge in [0.1, 0.15) is 0 Å². The molecule has 1 saturated heterocycles. The molecule has 1 aliphatic heterocycles. The number of nitrogens with zero attached hydrogens (tertiary/aromatic N) is 3. The van der Waals surface area contributed by atoms with Crippen molar-refractivity contribution in [2.75, 3.05) is 45.2 Å². The van der Waals surface area contributed by atoms with E-state index in [-0.39, 0.29) is 11.8 Å². The maximum atomic E-state index is 12.6. The number of hydrogen-bond donors (Lipinski definition) is 0. The largest absolute Gasteiger partial charge is 0.375 e. The Morgan fingerprint density at radius 2 is 1.87 bits per heavy atom. The second kappa shape index (κ2) is 7.99. The maximum Gasteiger partial charge on any atom is 0.253 e. The van der Waals surface area contributed by atoms with E-state index in [1.54, 1.807) is 16.8 Å². The molecule has 0 spiro atoms. The molecule has 2 rings (SSSR count). The molecule has 23 heavy (non-hydrogen) atoms. The van der Waals surface area contributed by atoms with Gasteiger partial charge in [0.25, 0.3) is 5.91 Å². The summed E-state index contributed by atoms with van der Waals surface area (Å²) in [6.45, 7) is 4.89. The Balaban J connectivity index is 2.01. The van der Waals surface area contributed by atoms with Gasteiger partial charge in [-0.15, -0.1) is 0 Å². The molecule has 126 valence electrons. The van der Waals surface area contributed by atoms with Crippen molar-refractivity contribution >= 4 is 17.5 Å². The summed E-state index contributed by atoms with van der Waals surface area (Å²) in [5.74, 6) is 0.115. The maximum absolute atomic E-state index is 12.6. The predicted octanol–water partition coefficient (Wildman–Crippen LogP) is 2.23. The Hall–Kier alpha value is -2.04. The number of unbranched alkanes of at least 4 members (excludes halogenated alkanes) is 1. The third kappa shape index (κ3) is 4.47. The molecule has 1 aromatic rings. The molecule has 1 aromatic carbocycles. The molecule has 0 saturated carbocycles. The van der Waals surface area contributed by atoms with Crippen LogP contribution in [0.4, 0.5) is 5.69 Å². The van der Waals surface area contributed by atoms with Gasteiger partial charge in [-0.3, -0.25) is 9.59 Å². The first kappa shape index (κ1) is 17.3. The molecule has 5 nitrogen and oxygen atoms in total. The highest BCUT2D eigenvalue weighted by molar-refractivity contribution is 5.95. The van der Waals surface area contributed by atoms with Crippen LogP contribution in [-0.4, -0.2) is 61.9 Å². The zero-order valence-electron chi connectivity index (χ0n) is 14.4. The number of likely N-dealkylation sites (N-methyl/N-ethyl adjacent to an activating group) is 1. The van der Waals surface area contributed by atoms with E-state index in [1.807, 2.05) is 24.3 Å². The first-order valence-corrected chi connectivity index (χ1v) is 8.37. The van der Waals surface area contributed by atoms with E-state index in [0.29, 0.717) is 31.6 Å². The van der Waals surface area contributed by atoms with Gasteiger partial charge in [0.05, 0.1) is 0 Å². The molecule has 1 aliphatic rings.